The fourth-order valence-electron chi connectivity index (χ4n) is 8.80. The molecule has 0 bridgehead atoms. The minimum atomic E-state index is -1.09. The lowest BCUT2D eigenvalue weighted by Crippen LogP contribution is -2.51. The molecule has 8 atom stereocenters. The van der Waals surface area contributed by atoms with Gasteiger partial charge in [-0.3, -0.25) is 14.4 Å². The van der Waals surface area contributed by atoms with Gasteiger partial charge in [0.2, 0.25) is 5.91 Å². The van der Waals surface area contributed by atoms with E-state index in [-0.39, 0.29) is 23.4 Å². The molecule has 0 aromatic carbocycles. The molecule has 4 rings (SSSR count). The smallest absolute Gasteiger partial charge is 0.326 e. The Morgan fingerprint density at radius 1 is 1.07 bits per heavy atom. The Labute approximate surface area is 244 Å². The maximum Gasteiger partial charge on any atom is 0.326 e. The summed E-state index contributed by atoms with van der Waals surface area (Å²) in [5, 5.41) is 18.6. The lowest BCUT2D eigenvalue weighted by atomic mass is 9.46. The number of allylic oxidation sites excluding steroid dienone is 2. The van der Waals surface area contributed by atoms with Gasteiger partial charge < -0.3 is 20.6 Å². The Hall–Kier alpha value is -2.71. The molecular weight excluding hydrogens is 522 g/mol. The molecule has 9 heteroatoms. The third kappa shape index (κ3) is 6.38. The maximum atomic E-state index is 12.4. The van der Waals surface area contributed by atoms with E-state index in [9.17, 15) is 24.3 Å². The lowest BCUT2D eigenvalue weighted by molar-refractivity contribution is -0.142. The lowest BCUT2D eigenvalue weighted by Gasteiger charge is -2.58. The summed E-state index contributed by atoms with van der Waals surface area (Å²) < 4.78 is 0. The third-order valence-corrected chi connectivity index (χ3v) is 11.1. The van der Waals surface area contributed by atoms with Gasteiger partial charge in [0.15, 0.2) is 6.61 Å². The van der Waals surface area contributed by atoms with Crippen molar-refractivity contribution in [2.24, 2.45) is 39.7 Å². The molecule has 41 heavy (non-hydrogen) atoms. The Morgan fingerprint density at radius 2 is 1.83 bits per heavy atom. The summed E-state index contributed by atoms with van der Waals surface area (Å²) in [6, 6.07) is -1.86. The van der Waals surface area contributed by atoms with Gasteiger partial charge in [0.1, 0.15) is 17.9 Å². The molecule has 4 aliphatic rings. The number of nitrogens with zero attached hydrogens (tertiary/aromatic N) is 1. The van der Waals surface area contributed by atoms with Crippen LogP contribution in [0.4, 0.5) is 0 Å². The number of fused-ring (bicyclic) bond motifs is 5. The van der Waals surface area contributed by atoms with E-state index >= 15 is 0 Å². The van der Waals surface area contributed by atoms with Gasteiger partial charge in [-0.1, -0.05) is 44.3 Å². The fourth-order valence-corrected chi connectivity index (χ4v) is 8.80. The van der Waals surface area contributed by atoms with Gasteiger partial charge >= 0.3 is 5.97 Å². The molecule has 9 nitrogen and oxygen atoms in total. The summed E-state index contributed by atoms with van der Waals surface area (Å²) in [6.07, 6.45) is 12.6. The second kappa shape index (κ2) is 12.7. The number of Topliss-reactive ketones (excluding diaryl/α,β-unsaturated/α-hetero) is 1. The summed E-state index contributed by atoms with van der Waals surface area (Å²) in [7, 11) is 0. The molecular formula is C32H49N3O6. The predicted molar refractivity (Wildman–Crippen MR) is 156 cm³/mol. The molecule has 0 aromatic rings. The van der Waals surface area contributed by atoms with Crippen LogP contribution in [0.1, 0.15) is 105 Å². The summed E-state index contributed by atoms with van der Waals surface area (Å²) in [4.78, 5) is 53.9. The highest BCUT2D eigenvalue weighted by atomic mass is 16.6. The van der Waals surface area contributed by atoms with Gasteiger partial charge in [-0.2, -0.15) is 0 Å². The monoisotopic (exact) mass is 571 g/mol. The van der Waals surface area contributed by atoms with E-state index in [1.807, 2.05) is 6.92 Å². The van der Waals surface area contributed by atoms with Crippen molar-refractivity contribution in [3.05, 3.63) is 11.6 Å². The molecule has 0 spiro atoms. The molecule has 0 saturated heterocycles. The van der Waals surface area contributed by atoms with Gasteiger partial charge in [0.05, 0.1) is 5.71 Å². The summed E-state index contributed by atoms with van der Waals surface area (Å²) in [6.45, 7) is 9.73. The van der Waals surface area contributed by atoms with Crippen LogP contribution < -0.4 is 10.6 Å². The SMILES string of the molecule is CCCCC(NC(=O)C(C)NC(=O)CO/N=C1\C=C2CC[C@H]3[C@@H]4CC[C@H](C(C)=O)[C@@]4(C)CC[C@@H]3[C@@]2(C)CC1)C(=O)O. The average molecular weight is 572 g/mol. The molecule has 3 fully saturated rings. The number of amides is 2. The van der Waals surface area contributed by atoms with E-state index in [0.29, 0.717) is 36.4 Å². The molecule has 0 aliphatic heterocycles. The first-order chi connectivity index (χ1) is 19.4. The van der Waals surface area contributed by atoms with E-state index in [0.717, 1.165) is 50.7 Å². The highest BCUT2D eigenvalue weighted by molar-refractivity contribution is 5.96. The number of carbonyl (C=O) groups excluding carboxylic acids is 3. The van der Waals surface area contributed by atoms with Crippen molar-refractivity contribution in [3.63, 3.8) is 0 Å². The molecule has 2 amide bonds. The van der Waals surface area contributed by atoms with Crippen LogP contribution in [-0.4, -0.2) is 53.1 Å². The number of rotatable bonds is 11. The number of ketones is 1. The molecule has 0 aromatic heterocycles. The Bertz CT molecular complexity index is 1100. The molecule has 3 N–H and O–H groups in total. The fraction of sp³-hybridized carbons (Fsp3) is 0.781. The van der Waals surface area contributed by atoms with Crippen LogP contribution in [0.15, 0.2) is 16.8 Å². The average Bonchev–Trinajstić information content (AvgIpc) is 3.28. The predicted octanol–water partition coefficient (Wildman–Crippen LogP) is 4.79. The van der Waals surface area contributed by atoms with Gasteiger partial charge in [0.25, 0.3) is 5.91 Å². The standard InChI is InChI=1S/C32H49N3O6/c1-6-7-8-27(30(39)40)34-29(38)19(2)33-28(37)18-41-35-22-13-15-31(4)21(17-22)9-10-23-25-12-11-24(20(3)36)32(25,5)16-14-26(23)31/h17,19,23-27H,6-16,18H2,1-5H3,(H,33,37)(H,34,38)(H,39,40)/b35-22-/t19?,23-,24+,25-,26-,27?,31-,32+/m0/s1. The van der Waals surface area contributed by atoms with Gasteiger partial charge in [-0.25, -0.2) is 4.79 Å². The number of aliphatic carboxylic acids is 1. The zero-order valence-corrected chi connectivity index (χ0v) is 25.5. The number of oxime groups is 1. The van der Waals surface area contributed by atoms with Crippen molar-refractivity contribution in [2.75, 3.05) is 6.61 Å². The van der Waals surface area contributed by atoms with Crippen molar-refractivity contribution >= 4 is 29.3 Å². The molecule has 228 valence electrons. The largest absolute Gasteiger partial charge is 0.480 e. The molecule has 3 saturated carbocycles. The van der Waals surface area contributed by atoms with Crippen LogP contribution in [0.3, 0.4) is 0 Å². The van der Waals surface area contributed by atoms with Crippen LogP contribution in [0.2, 0.25) is 0 Å². The topological polar surface area (TPSA) is 134 Å². The minimum Gasteiger partial charge on any atom is -0.480 e. The molecule has 2 unspecified atom stereocenters. The van der Waals surface area contributed by atoms with Crippen molar-refractivity contribution in [1.29, 1.82) is 0 Å². The van der Waals surface area contributed by atoms with Crippen LogP contribution in [0.25, 0.3) is 0 Å². The number of hydrogen-bond donors (Lipinski definition) is 3. The number of nitrogens with one attached hydrogen (secondary N) is 2. The van der Waals surface area contributed by atoms with Crippen LogP contribution in [0, 0.1) is 34.5 Å². The van der Waals surface area contributed by atoms with E-state index in [4.69, 9.17) is 4.84 Å². The first-order valence-corrected chi connectivity index (χ1v) is 15.6. The van der Waals surface area contributed by atoms with Crippen molar-refractivity contribution in [3.8, 4) is 0 Å². The quantitative estimate of drug-likeness (QED) is 0.305. The van der Waals surface area contributed by atoms with Gasteiger partial charge in [-0.05, 0) is 106 Å². The molecule has 0 radical (unpaired) electrons. The first-order valence-electron chi connectivity index (χ1n) is 15.6. The zero-order chi connectivity index (χ0) is 29.9. The van der Waals surface area contributed by atoms with E-state index < -0.39 is 29.9 Å². The number of hydrogen-bond acceptors (Lipinski definition) is 6. The van der Waals surface area contributed by atoms with Gasteiger partial charge in [0, 0.05) is 5.92 Å². The summed E-state index contributed by atoms with van der Waals surface area (Å²) in [5.74, 6) is 0.427. The Balaban J connectivity index is 1.30. The number of carboxylic acids is 1. The number of unbranched alkanes of at least 4 members (excludes halogenated alkanes) is 1. The summed E-state index contributed by atoms with van der Waals surface area (Å²) in [5.41, 5.74) is 2.57. The highest BCUT2D eigenvalue weighted by Gasteiger charge is 2.59. The van der Waals surface area contributed by atoms with E-state index in [1.54, 1.807) is 6.92 Å². The second-order valence-electron chi connectivity index (χ2n) is 13.5. The highest BCUT2D eigenvalue weighted by Crippen LogP contribution is 2.66. The van der Waals surface area contributed by atoms with Crippen LogP contribution in [-0.2, 0) is 24.0 Å². The van der Waals surface area contributed by atoms with E-state index in [2.05, 4.69) is 35.7 Å². The third-order valence-electron chi connectivity index (χ3n) is 11.1. The minimum absolute atomic E-state index is 0.142. The Kier molecular flexibility index (Phi) is 9.64. The van der Waals surface area contributed by atoms with Crippen LogP contribution in [0.5, 0.6) is 0 Å². The van der Waals surface area contributed by atoms with Crippen LogP contribution >= 0.6 is 0 Å². The number of carbonyl (C=O) groups is 4. The normalized spacial score (nSPS) is 34.8. The summed E-state index contributed by atoms with van der Waals surface area (Å²) >= 11 is 0. The molecule has 0 heterocycles. The van der Waals surface area contributed by atoms with E-state index in [1.165, 1.54) is 25.3 Å². The van der Waals surface area contributed by atoms with Gasteiger partial charge in [-0.15, -0.1) is 0 Å². The Morgan fingerprint density at radius 3 is 2.51 bits per heavy atom. The molecule has 4 aliphatic carbocycles. The maximum absolute atomic E-state index is 12.4. The number of carboxylic acid groups (broad SMARTS) is 1. The van der Waals surface area contributed by atoms with Crippen molar-refractivity contribution in [2.45, 2.75) is 117 Å². The first kappa shape index (κ1) is 31.2. The van der Waals surface area contributed by atoms with Crippen molar-refractivity contribution < 1.29 is 29.1 Å². The zero-order valence-electron chi connectivity index (χ0n) is 25.5. The second-order valence-corrected chi connectivity index (χ2v) is 13.5. The van der Waals surface area contributed by atoms with Crippen molar-refractivity contribution in [1.82, 2.24) is 10.6 Å².